The number of nitrogens with zero attached hydrogens (tertiary/aromatic N) is 2. The molecule has 2 aromatic rings. The highest BCUT2D eigenvalue weighted by Crippen LogP contribution is 2.39. The summed E-state index contributed by atoms with van der Waals surface area (Å²) >= 11 is 0. The molecule has 154 valence electrons. The number of benzene rings is 2. The lowest BCUT2D eigenvalue weighted by molar-refractivity contribution is -0.126. The molecule has 0 saturated carbocycles. The molecule has 1 N–H and O–H groups in total. The van der Waals surface area contributed by atoms with Crippen LogP contribution in [-0.2, 0) is 11.2 Å². The van der Waals surface area contributed by atoms with E-state index in [0.717, 1.165) is 23.5 Å². The van der Waals surface area contributed by atoms with Gasteiger partial charge in [-0.05, 0) is 44.0 Å². The Balaban J connectivity index is 1.69. The number of anilines is 2. The SMILES string of the molecule is COc1ccc2c(c1)N1CCN(c3ccccc3F)C[C@@H]1[C@@H](C(=O)NC(C)C)C2. The fraction of sp³-hybridized carbons (Fsp3) is 0.435. The molecule has 1 saturated heterocycles. The van der Waals surface area contributed by atoms with Gasteiger partial charge in [0.1, 0.15) is 11.6 Å². The molecule has 2 aromatic carbocycles. The Morgan fingerprint density at radius 3 is 2.69 bits per heavy atom. The van der Waals surface area contributed by atoms with E-state index in [9.17, 15) is 9.18 Å². The van der Waals surface area contributed by atoms with Crippen molar-refractivity contribution in [2.75, 3.05) is 36.5 Å². The Morgan fingerprint density at radius 2 is 1.97 bits per heavy atom. The summed E-state index contributed by atoms with van der Waals surface area (Å²) in [6, 6.07) is 13.0. The summed E-state index contributed by atoms with van der Waals surface area (Å²) in [6.07, 6.45) is 0.671. The molecular weight excluding hydrogens is 369 g/mol. The lowest BCUT2D eigenvalue weighted by Crippen LogP contribution is -2.61. The van der Waals surface area contributed by atoms with Crippen molar-refractivity contribution in [1.29, 1.82) is 0 Å². The van der Waals surface area contributed by atoms with Gasteiger partial charge in [-0.2, -0.15) is 0 Å². The topological polar surface area (TPSA) is 44.8 Å². The van der Waals surface area contributed by atoms with Gasteiger partial charge in [-0.1, -0.05) is 18.2 Å². The number of hydrogen-bond donors (Lipinski definition) is 1. The number of fused-ring (bicyclic) bond motifs is 3. The van der Waals surface area contributed by atoms with E-state index in [2.05, 4.69) is 27.2 Å². The first kappa shape index (κ1) is 19.6. The quantitative estimate of drug-likeness (QED) is 0.861. The van der Waals surface area contributed by atoms with Gasteiger partial charge in [-0.3, -0.25) is 4.79 Å². The first-order chi connectivity index (χ1) is 14.0. The van der Waals surface area contributed by atoms with Crippen molar-refractivity contribution in [1.82, 2.24) is 5.32 Å². The number of para-hydroxylation sites is 1. The molecule has 0 radical (unpaired) electrons. The zero-order valence-corrected chi connectivity index (χ0v) is 17.2. The van der Waals surface area contributed by atoms with Crippen LogP contribution >= 0.6 is 0 Å². The second kappa shape index (κ2) is 7.93. The van der Waals surface area contributed by atoms with Crippen molar-refractivity contribution in [3.63, 3.8) is 0 Å². The Hall–Kier alpha value is -2.76. The maximum Gasteiger partial charge on any atom is 0.225 e. The van der Waals surface area contributed by atoms with E-state index in [1.807, 2.05) is 32.0 Å². The van der Waals surface area contributed by atoms with Gasteiger partial charge in [0.25, 0.3) is 0 Å². The molecule has 2 atom stereocenters. The number of piperazine rings is 1. The molecule has 0 spiro atoms. The maximum atomic E-state index is 14.4. The summed E-state index contributed by atoms with van der Waals surface area (Å²) in [5.74, 6) is 0.464. The standard InChI is InChI=1S/C23H28FN3O2/c1-15(2)25-23(28)18-12-16-8-9-17(29-3)13-21(16)27-11-10-26(14-22(18)27)20-7-5-4-6-19(20)24/h4-9,13,15,18,22H,10-12,14H2,1-3H3,(H,25,28)/t18-,22+/m0/s1. The van der Waals surface area contributed by atoms with Gasteiger partial charge in [-0.15, -0.1) is 0 Å². The van der Waals surface area contributed by atoms with E-state index >= 15 is 0 Å². The first-order valence-electron chi connectivity index (χ1n) is 10.2. The van der Waals surface area contributed by atoms with Crippen LogP contribution in [0.3, 0.4) is 0 Å². The molecular formula is C23H28FN3O2. The number of nitrogens with one attached hydrogen (secondary N) is 1. The highest BCUT2D eigenvalue weighted by Gasteiger charge is 2.42. The molecule has 1 amide bonds. The third-order valence-corrected chi connectivity index (χ3v) is 5.89. The molecule has 2 heterocycles. The van der Waals surface area contributed by atoms with Crippen molar-refractivity contribution in [3.8, 4) is 5.75 Å². The summed E-state index contributed by atoms with van der Waals surface area (Å²) in [6.45, 7) is 5.98. The van der Waals surface area contributed by atoms with Crippen LogP contribution in [0, 0.1) is 11.7 Å². The van der Waals surface area contributed by atoms with E-state index in [1.165, 1.54) is 6.07 Å². The number of halogens is 1. The van der Waals surface area contributed by atoms with Gasteiger partial charge in [-0.25, -0.2) is 4.39 Å². The predicted octanol–water partition coefficient (Wildman–Crippen LogP) is 3.23. The number of amides is 1. The van der Waals surface area contributed by atoms with Gasteiger partial charge in [0, 0.05) is 37.4 Å². The van der Waals surface area contributed by atoms with Crippen molar-refractivity contribution in [2.45, 2.75) is 32.4 Å². The summed E-state index contributed by atoms with van der Waals surface area (Å²) in [5.41, 5.74) is 2.88. The van der Waals surface area contributed by atoms with Gasteiger partial charge < -0.3 is 19.9 Å². The third kappa shape index (κ3) is 3.76. The normalized spacial score (nSPS) is 20.9. The molecule has 1 fully saturated rings. The van der Waals surface area contributed by atoms with Gasteiger partial charge in [0.2, 0.25) is 5.91 Å². The monoisotopic (exact) mass is 397 g/mol. The van der Waals surface area contributed by atoms with E-state index in [0.29, 0.717) is 25.2 Å². The van der Waals surface area contributed by atoms with E-state index in [4.69, 9.17) is 4.74 Å². The Labute approximate surface area is 171 Å². The van der Waals surface area contributed by atoms with Crippen LogP contribution in [0.4, 0.5) is 15.8 Å². The van der Waals surface area contributed by atoms with Crippen LogP contribution in [0.15, 0.2) is 42.5 Å². The van der Waals surface area contributed by atoms with Crippen LogP contribution in [0.1, 0.15) is 19.4 Å². The third-order valence-electron chi connectivity index (χ3n) is 5.89. The summed E-state index contributed by atoms with van der Waals surface area (Å²) < 4.78 is 19.8. The van der Waals surface area contributed by atoms with E-state index in [-0.39, 0.29) is 29.7 Å². The first-order valence-corrected chi connectivity index (χ1v) is 10.2. The van der Waals surface area contributed by atoms with Crippen molar-refractivity contribution in [2.24, 2.45) is 5.92 Å². The number of carbonyl (C=O) groups excluding carboxylic acids is 1. The number of methoxy groups -OCH3 is 1. The summed E-state index contributed by atoms with van der Waals surface area (Å²) in [5, 5.41) is 3.08. The lowest BCUT2D eigenvalue weighted by atomic mass is 9.83. The maximum absolute atomic E-state index is 14.4. The van der Waals surface area contributed by atoms with Crippen LogP contribution in [0.5, 0.6) is 5.75 Å². The second-order valence-electron chi connectivity index (χ2n) is 8.13. The largest absolute Gasteiger partial charge is 0.497 e. The van der Waals surface area contributed by atoms with Crippen LogP contribution in [0.25, 0.3) is 0 Å². The van der Waals surface area contributed by atoms with Crippen molar-refractivity contribution < 1.29 is 13.9 Å². The Kier molecular flexibility index (Phi) is 5.35. The number of hydrogen-bond acceptors (Lipinski definition) is 4. The molecule has 2 aliphatic heterocycles. The molecule has 0 unspecified atom stereocenters. The van der Waals surface area contributed by atoms with Gasteiger partial charge in [0.05, 0.1) is 24.8 Å². The summed E-state index contributed by atoms with van der Waals surface area (Å²) in [7, 11) is 1.66. The highest BCUT2D eigenvalue weighted by molar-refractivity contribution is 5.82. The van der Waals surface area contributed by atoms with E-state index in [1.54, 1.807) is 13.2 Å². The zero-order valence-electron chi connectivity index (χ0n) is 17.2. The van der Waals surface area contributed by atoms with Gasteiger partial charge >= 0.3 is 0 Å². The molecule has 5 nitrogen and oxygen atoms in total. The smallest absolute Gasteiger partial charge is 0.225 e. The lowest BCUT2D eigenvalue weighted by Gasteiger charge is -2.49. The minimum atomic E-state index is -0.220. The zero-order chi connectivity index (χ0) is 20.5. The molecule has 29 heavy (non-hydrogen) atoms. The second-order valence-corrected chi connectivity index (χ2v) is 8.13. The van der Waals surface area contributed by atoms with Crippen LogP contribution in [0.2, 0.25) is 0 Å². The van der Waals surface area contributed by atoms with E-state index < -0.39 is 0 Å². The summed E-state index contributed by atoms with van der Waals surface area (Å²) in [4.78, 5) is 17.4. The number of ether oxygens (including phenoxy) is 1. The minimum Gasteiger partial charge on any atom is -0.497 e. The van der Waals surface area contributed by atoms with Crippen molar-refractivity contribution >= 4 is 17.3 Å². The number of rotatable bonds is 4. The molecule has 2 aliphatic rings. The Morgan fingerprint density at radius 1 is 1.17 bits per heavy atom. The predicted molar refractivity (Wildman–Crippen MR) is 113 cm³/mol. The molecule has 0 bridgehead atoms. The Bertz CT molecular complexity index is 901. The molecule has 0 aromatic heterocycles. The highest BCUT2D eigenvalue weighted by atomic mass is 19.1. The van der Waals surface area contributed by atoms with Crippen LogP contribution < -0.4 is 19.9 Å². The molecule has 0 aliphatic carbocycles. The fourth-order valence-electron chi connectivity index (χ4n) is 4.52. The van der Waals surface area contributed by atoms with Gasteiger partial charge in [0.15, 0.2) is 0 Å². The molecule has 4 rings (SSSR count). The average Bonchev–Trinajstić information content (AvgIpc) is 2.72. The number of carbonyl (C=O) groups is 1. The minimum absolute atomic E-state index is 0.0262. The van der Waals surface area contributed by atoms with Crippen molar-refractivity contribution in [3.05, 3.63) is 53.8 Å². The average molecular weight is 397 g/mol. The van der Waals surface area contributed by atoms with Crippen LogP contribution in [-0.4, -0.2) is 44.7 Å². The molecule has 6 heteroatoms. The fourth-order valence-corrected chi connectivity index (χ4v) is 4.52.